The minimum absolute atomic E-state index is 0.0562. The third kappa shape index (κ3) is 3.48. The molecule has 3 atom stereocenters. The molecule has 3 aliphatic rings. The molecule has 2 aromatic carbocycles. The van der Waals surface area contributed by atoms with Gasteiger partial charge in [-0.2, -0.15) is 0 Å². The maximum Gasteiger partial charge on any atom is 0.251 e. The molecule has 2 aliphatic heterocycles. The highest BCUT2D eigenvalue weighted by Crippen LogP contribution is 2.47. The first kappa shape index (κ1) is 18.5. The van der Waals surface area contributed by atoms with Gasteiger partial charge in [0.15, 0.2) is 0 Å². The fourth-order valence-electron chi connectivity index (χ4n) is 4.88. The maximum atomic E-state index is 12.6. The first-order valence-corrected chi connectivity index (χ1v) is 10.9. The lowest BCUT2D eigenvalue weighted by Crippen LogP contribution is -2.39. The third-order valence-corrected chi connectivity index (χ3v) is 6.65. The lowest BCUT2D eigenvalue weighted by Gasteiger charge is -2.37. The van der Waals surface area contributed by atoms with Crippen LogP contribution in [0.1, 0.15) is 66.2 Å². The number of carbonyl (C=O) groups excluding carboxylic acids is 1. The van der Waals surface area contributed by atoms with Crippen LogP contribution in [0.3, 0.4) is 0 Å². The van der Waals surface area contributed by atoms with Gasteiger partial charge in [-0.3, -0.25) is 4.79 Å². The van der Waals surface area contributed by atoms with Gasteiger partial charge in [0.25, 0.3) is 5.91 Å². The summed E-state index contributed by atoms with van der Waals surface area (Å²) in [6, 6.07) is 15.5. The summed E-state index contributed by atoms with van der Waals surface area (Å²) in [5.41, 5.74) is 4.39. The number of rotatable bonds is 5. The lowest BCUT2D eigenvalue weighted by atomic mass is 9.80. The van der Waals surface area contributed by atoms with Crippen molar-refractivity contribution in [2.75, 3.05) is 18.5 Å². The van der Waals surface area contributed by atoms with Crippen LogP contribution in [-0.2, 0) is 0 Å². The van der Waals surface area contributed by atoms with E-state index in [1.165, 1.54) is 17.5 Å². The van der Waals surface area contributed by atoms with Crippen LogP contribution in [0.5, 0.6) is 5.75 Å². The molecule has 0 aromatic heterocycles. The molecule has 1 aliphatic carbocycles. The van der Waals surface area contributed by atoms with Gasteiger partial charge in [0.1, 0.15) is 5.75 Å². The summed E-state index contributed by atoms with van der Waals surface area (Å²) in [5.74, 6) is 1.43. The summed E-state index contributed by atoms with van der Waals surface area (Å²) in [6.07, 6.45) is 4.55. The summed E-state index contributed by atoms with van der Waals surface area (Å²) in [7, 11) is 0. The van der Waals surface area contributed by atoms with E-state index in [0.29, 0.717) is 18.6 Å². The molecule has 1 saturated heterocycles. The van der Waals surface area contributed by atoms with E-state index in [2.05, 4.69) is 52.3 Å². The van der Waals surface area contributed by atoms with E-state index in [1.807, 2.05) is 13.0 Å². The van der Waals surface area contributed by atoms with Crippen molar-refractivity contribution in [1.82, 2.24) is 10.6 Å². The number of hydrogen-bond acceptors (Lipinski definition) is 4. The van der Waals surface area contributed by atoms with Crippen LogP contribution in [0.25, 0.3) is 0 Å². The molecule has 5 nitrogen and oxygen atoms in total. The Morgan fingerprint density at radius 3 is 2.66 bits per heavy atom. The fraction of sp³-hybridized carbons (Fsp3) is 0.458. The highest BCUT2D eigenvalue weighted by Gasteiger charge is 2.40. The molecule has 2 fully saturated rings. The molecular formula is C24H29N3O2. The van der Waals surface area contributed by atoms with Gasteiger partial charge >= 0.3 is 0 Å². The standard InChI is InChI=1S/C24H29N3O2/c1-2-29-18-9-6-15(7-10-18)22-19-12-13-25-23(19)20-14-16(8-11-21(20)27-22)24(28)26-17-4-3-5-17/h6-11,14,17,19,22-23,25,27H,2-5,12-13H2,1H3,(H,26,28). The number of nitrogens with one attached hydrogen (secondary N) is 3. The van der Waals surface area contributed by atoms with Crippen molar-refractivity contribution in [3.05, 3.63) is 59.2 Å². The summed E-state index contributed by atoms with van der Waals surface area (Å²) in [6.45, 7) is 3.69. The van der Waals surface area contributed by atoms with E-state index in [-0.39, 0.29) is 18.0 Å². The molecule has 2 aromatic rings. The molecule has 0 spiro atoms. The number of ether oxygens (including phenoxy) is 1. The van der Waals surface area contributed by atoms with E-state index < -0.39 is 0 Å². The summed E-state index contributed by atoms with van der Waals surface area (Å²) in [4.78, 5) is 12.6. The monoisotopic (exact) mass is 391 g/mol. The maximum absolute atomic E-state index is 12.6. The van der Waals surface area contributed by atoms with Crippen LogP contribution in [0, 0.1) is 5.92 Å². The number of anilines is 1. The number of amides is 1. The van der Waals surface area contributed by atoms with Crippen molar-refractivity contribution in [3.63, 3.8) is 0 Å². The fourth-order valence-corrected chi connectivity index (χ4v) is 4.88. The molecule has 3 unspecified atom stereocenters. The van der Waals surface area contributed by atoms with Crippen LogP contribution < -0.4 is 20.7 Å². The molecule has 5 rings (SSSR count). The van der Waals surface area contributed by atoms with Crippen LogP contribution in [0.2, 0.25) is 0 Å². The smallest absolute Gasteiger partial charge is 0.251 e. The highest BCUT2D eigenvalue weighted by molar-refractivity contribution is 5.95. The second-order valence-electron chi connectivity index (χ2n) is 8.41. The van der Waals surface area contributed by atoms with Crippen molar-refractivity contribution in [1.29, 1.82) is 0 Å². The number of fused-ring (bicyclic) bond motifs is 3. The van der Waals surface area contributed by atoms with Gasteiger partial charge in [-0.25, -0.2) is 0 Å². The Morgan fingerprint density at radius 1 is 1.10 bits per heavy atom. The molecular weight excluding hydrogens is 362 g/mol. The minimum Gasteiger partial charge on any atom is -0.494 e. The largest absolute Gasteiger partial charge is 0.494 e. The second kappa shape index (κ2) is 7.71. The molecule has 152 valence electrons. The van der Waals surface area contributed by atoms with Gasteiger partial charge < -0.3 is 20.7 Å². The lowest BCUT2D eigenvalue weighted by molar-refractivity contribution is 0.0917. The van der Waals surface area contributed by atoms with Crippen molar-refractivity contribution >= 4 is 11.6 Å². The topological polar surface area (TPSA) is 62.4 Å². The molecule has 5 heteroatoms. The van der Waals surface area contributed by atoms with Crippen LogP contribution >= 0.6 is 0 Å². The highest BCUT2D eigenvalue weighted by atomic mass is 16.5. The second-order valence-corrected chi connectivity index (χ2v) is 8.41. The Bertz CT molecular complexity index is 891. The Labute approximate surface area is 172 Å². The van der Waals surface area contributed by atoms with E-state index in [1.54, 1.807) is 0 Å². The zero-order valence-corrected chi connectivity index (χ0v) is 16.9. The SMILES string of the molecule is CCOc1ccc(C2Nc3ccc(C(=O)NC4CCC4)cc3C3NCCC23)cc1. The Kier molecular flexibility index (Phi) is 4.92. The Balaban J connectivity index is 1.40. The van der Waals surface area contributed by atoms with E-state index in [4.69, 9.17) is 4.74 Å². The van der Waals surface area contributed by atoms with Gasteiger partial charge in [-0.1, -0.05) is 12.1 Å². The zero-order valence-electron chi connectivity index (χ0n) is 16.9. The van der Waals surface area contributed by atoms with Gasteiger partial charge in [0.05, 0.1) is 12.6 Å². The molecule has 0 radical (unpaired) electrons. The van der Waals surface area contributed by atoms with Gasteiger partial charge in [0, 0.05) is 29.3 Å². The first-order chi connectivity index (χ1) is 14.2. The van der Waals surface area contributed by atoms with Crippen LogP contribution in [-0.4, -0.2) is 25.1 Å². The van der Waals surface area contributed by atoms with E-state index in [0.717, 1.165) is 42.8 Å². The molecule has 1 amide bonds. The van der Waals surface area contributed by atoms with Gasteiger partial charge in [-0.15, -0.1) is 0 Å². The predicted octanol–water partition coefficient (Wildman–Crippen LogP) is 4.19. The number of hydrogen-bond donors (Lipinski definition) is 3. The summed E-state index contributed by atoms with van der Waals surface area (Å²) >= 11 is 0. The molecule has 1 saturated carbocycles. The number of carbonyl (C=O) groups is 1. The summed E-state index contributed by atoms with van der Waals surface area (Å²) < 4.78 is 5.60. The predicted molar refractivity (Wildman–Crippen MR) is 114 cm³/mol. The van der Waals surface area contributed by atoms with Gasteiger partial charge in [0.2, 0.25) is 0 Å². The van der Waals surface area contributed by atoms with Crippen molar-refractivity contribution in [2.45, 2.75) is 50.7 Å². The number of benzene rings is 2. The first-order valence-electron chi connectivity index (χ1n) is 10.9. The molecule has 2 heterocycles. The van der Waals surface area contributed by atoms with Crippen molar-refractivity contribution < 1.29 is 9.53 Å². The van der Waals surface area contributed by atoms with E-state index in [9.17, 15) is 4.79 Å². The normalized spacial score (nSPS) is 25.3. The average molecular weight is 392 g/mol. The van der Waals surface area contributed by atoms with Crippen LogP contribution in [0.4, 0.5) is 5.69 Å². The van der Waals surface area contributed by atoms with Gasteiger partial charge in [-0.05, 0) is 80.6 Å². The summed E-state index contributed by atoms with van der Waals surface area (Å²) in [5, 5.41) is 10.6. The zero-order chi connectivity index (χ0) is 19.8. The van der Waals surface area contributed by atoms with Crippen molar-refractivity contribution in [2.24, 2.45) is 5.92 Å². The third-order valence-electron chi connectivity index (χ3n) is 6.65. The minimum atomic E-state index is 0.0562. The van der Waals surface area contributed by atoms with Crippen LogP contribution in [0.15, 0.2) is 42.5 Å². The molecule has 0 bridgehead atoms. The van der Waals surface area contributed by atoms with E-state index >= 15 is 0 Å². The molecule has 3 N–H and O–H groups in total. The molecule has 29 heavy (non-hydrogen) atoms. The average Bonchev–Trinajstić information content (AvgIpc) is 3.21. The quantitative estimate of drug-likeness (QED) is 0.715. The Morgan fingerprint density at radius 2 is 1.93 bits per heavy atom. The Hall–Kier alpha value is -2.53. The van der Waals surface area contributed by atoms with Crippen molar-refractivity contribution in [3.8, 4) is 5.75 Å².